The molecule has 0 aromatic rings. The van der Waals surface area contributed by atoms with Crippen LogP contribution in [0.25, 0.3) is 0 Å². The predicted molar refractivity (Wildman–Crippen MR) is 68.9 cm³/mol. The zero-order valence-corrected chi connectivity index (χ0v) is 11.7. The van der Waals surface area contributed by atoms with Crippen molar-refractivity contribution in [1.29, 1.82) is 0 Å². The van der Waals surface area contributed by atoms with Crippen molar-refractivity contribution < 1.29 is 24.9 Å². The molecule has 1 rings (SSSR count). The van der Waals surface area contributed by atoms with Gasteiger partial charge in [0.15, 0.2) is 6.23 Å². The van der Waals surface area contributed by atoms with Crippen molar-refractivity contribution in [1.82, 2.24) is 10.2 Å². The first kappa shape index (κ1) is 16.5. The minimum absolute atomic E-state index is 0.144. The third-order valence-electron chi connectivity index (χ3n) is 2.91. The molecule has 4 N–H and O–H groups in total. The predicted octanol–water partition coefficient (Wildman–Crippen LogP) is -0.916. The van der Waals surface area contributed by atoms with Gasteiger partial charge >= 0.3 is 6.03 Å². The lowest BCUT2D eigenvalue weighted by Gasteiger charge is -2.42. The number of nitrogens with zero attached hydrogens (tertiary/aromatic N) is 1. The van der Waals surface area contributed by atoms with Crippen LogP contribution < -0.4 is 5.32 Å². The zero-order chi connectivity index (χ0) is 14.6. The van der Waals surface area contributed by atoms with Gasteiger partial charge in [0.05, 0.1) is 6.61 Å². The highest BCUT2D eigenvalue weighted by Gasteiger charge is 2.42. The van der Waals surface area contributed by atoms with Crippen LogP contribution in [-0.4, -0.2) is 75.9 Å². The number of alkyl halides is 1. The van der Waals surface area contributed by atoms with Crippen molar-refractivity contribution in [3.05, 3.63) is 0 Å². The smallest absolute Gasteiger partial charge is 0.319 e. The average Bonchev–Trinajstić information content (AvgIpc) is 2.36. The largest absolute Gasteiger partial charge is 0.388 e. The van der Waals surface area contributed by atoms with Gasteiger partial charge in [0.1, 0.15) is 18.3 Å². The first-order valence-corrected chi connectivity index (χ1v) is 6.71. The summed E-state index contributed by atoms with van der Waals surface area (Å²) in [6, 6.07) is -0.694. The highest BCUT2D eigenvalue weighted by Crippen LogP contribution is 2.20. The third kappa shape index (κ3) is 3.93. The maximum atomic E-state index is 12.0. The number of hydrogen-bond acceptors (Lipinski definition) is 5. The van der Waals surface area contributed by atoms with E-state index in [-0.39, 0.29) is 25.1 Å². The second-order valence-corrected chi connectivity index (χ2v) is 5.07. The molecule has 1 heterocycles. The van der Waals surface area contributed by atoms with E-state index in [1.165, 1.54) is 4.90 Å². The number of carbonyl (C=O) groups is 1. The average molecular weight is 297 g/mol. The number of ether oxygens (including phenoxy) is 1. The molecule has 2 amide bonds. The van der Waals surface area contributed by atoms with Crippen molar-refractivity contribution in [2.24, 2.45) is 0 Å². The molecule has 0 aromatic heterocycles. The van der Waals surface area contributed by atoms with Crippen LogP contribution in [0, 0.1) is 0 Å². The molecule has 8 heteroatoms. The molecule has 112 valence electrons. The molecular formula is C11H21ClN2O5. The monoisotopic (exact) mass is 296 g/mol. The van der Waals surface area contributed by atoms with Crippen molar-refractivity contribution >= 4 is 17.6 Å². The Bertz CT molecular complexity index is 305. The second-order valence-electron chi connectivity index (χ2n) is 4.69. The summed E-state index contributed by atoms with van der Waals surface area (Å²) in [4.78, 5) is 13.3. The van der Waals surface area contributed by atoms with E-state index in [1.807, 2.05) is 0 Å². The van der Waals surface area contributed by atoms with Gasteiger partial charge in [-0.1, -0.05) is 0 Å². The topological polar surface area (TPSA) is 102 Å². The molecule has 0 spiro atoms. The Kier molecular flexibility index (Phi) is 6.28. The van der Waals surface area contributed by atoms with Crippen molar-refractivity contribution in [3.63, 3.8) is 0 Å². The molecule has 0 aromatic carbocycles. The van der Waals surface area contributed by atoms with Gasteiger partial charge in [-0.25, -0.2) is 4.79 Å². The number of urea groups is 1. The number of aliphatic hydroxyl groups is 3. The fourth-order valence-electron chi connectivity index (χ4n) is 1.92. The van der Waals surface area contributed by atoms with Crippen molar-refractivity contribution in [3.8, 4) is 0 Å². The maximum absolute atomic E-state index is 12.0. The molecule has 1 aliphatic heterocycles. The minimum Gasteiger partial charge on any atom is -0.388 e. The first-order chi connectivity index (χ1) is 8.90. The number of nitrogens with one attached hydrogen (secondary N) is 1. The number of amides is 2. The lowest BCUT2D eigenvalue weighted by molar-refractivity contribution is -0.223. The summed E-state index contributed by atoms with van der Waals surface area (Å²) < 4.78 is 5.27. The molecule has 7 nitrogen and oxygen atoms in total. The molecule has 1 unspecified atom stereocenters. The van der Waals surface area contributed by atoms with Crippen LogP contribution in [0.1, 0.15) is 13.8 Å². The molecule has 0 aliphatic carbocycles. The lowest BCUT2D eigenvalue weighted by Crippen LogP contribution is -2.63. The number of carbonyl (C=O) groups excluding carboxylic acids is 1. The van der Waals surface area contributed by atoms with Crippen LogP contribution in [0.15, 0.2) is 0 Å². The summed E-state index contributed by atoms with van der Waals surface area (Å²) in [5.41, 5.74) is 0. The Labute approximate surface area is 117 Å². The van der Waals surface area contributed by atoms with Crippen LogP contribution in [-0.2, 0) is 4.74 Å². The normalized spacial score (nSPS) is 31.3. The fraction of sp³-hybridized carbons (Fsp3) is 0.909. The van der Waals surface area contributed by atoms with E-state index in [0.29, 0.717) is 0 Å². The fourth-order valence-corrected chi connectivity index (χ4v) is 2.02. The molecule has 4 atom stereocenters. The summed E-state index contributed by atoms with van der Waals surface area (Å²) in [6.45, 7) is 3.66. The van der Waals surface area contributed by atoms with Gasteiger partial charge in [0.2, 0.25) is 0 Å². The van der Waals surface area contributed by atoms with E-state index in [0.717, 1.165) is 0 Å². The molecule has 0 bridgehead atoms. The highest BCUT2D eigenvalue weighted by molar-refractivity contribution is 6.18. The number of rotatable bonds is 4. The Morgan fingerprint density at radius 3 is 2.58 bits per heavy atom. The molecule has 0 radical (unpaired) electrons. The Morgan fingerprint density at radius 2 is 2.05 bits per heavy atom. The van der Waals surface area contributed by atoms with E-state index in [2.05, 4.69) is 5.32 Å². The number of hydrogen-bond donors (Lipinski definition) is 4. The molecule has 1 fully saturated rings. The van der Waals surface area contributed by atoms with Crippen molar-refractivity contribution in [2.75, 3.05) is 19.0 Å². The van der Waals surface area contributed by atoms with Crippen LogP contribution in [0.5, 0.6) is 0 Å². The summed E-state index contributed by atoms with van der Waals surface area (Å²) in [5, 5.41) is 31.5. The van der Waals surface area contributed by atoms with Gasteiger partial charge in [-0.2, -0.15) is 0 Å². The lowest BCUT2D eigenvalue weighted by atomic mass is 10.0. The van der Waals surface area contributed by atoms with Gasteiger partial charge in [-0.3, -0.25) is 4.90 Å². The minimum atomic E-state index is -1.37. The van der Waals surface area contributed by atoms with E-state index < -0.39 is 30.6 Å². The van der Waals surface area contributed by atoms with E-state index in [9.17, 15) is 20.1 Å². The molecular weight excluding hydrogens is 276 g/mol. The highest BCUT2D eigenvalue weighted by atomic mass is 35.5. The van der Waals surface area contributed by atoms with Gasteiger partial charge in [-0.05, 0) is 13.8 Å². The summed E-state index contributed by atoms with van der Waals surface area (Å²) >= 11 is 5.50. The van der Waals surface area contributed by atoms with Crippen LogP contribution in [0.3, 0.4) is 0 Å². The van der Waals surface area contributed by atoms with Gasteiger partial charge in [0.25, 0.3) is 0 Å². The third-order valence-corrected chi connectivity index (χ3v) is 3.10. The van der Waals surface area contributed by atoms with Crippen LogP contribution >= 0.6 is 11.6 Å². The maximum Gasteiger partial charge on any atom is 0.319 e. The van der Waals surface area contributed by atoms with Crippen LogP contribution in [0.4, 0.5) is 4.79 Å². The molecule has 0 saturated carbocycles. The summed E-state index contributed by atoms with van der Waals surface area (Å²) in [7, 11) is 0. The molecule has 1 aliphatic rings. The van der Waals surface area contributed by atoms with E-state index >= 15 is 0 Å². The summed E-state index contributed by atoms with van der Waals surface area (Å²) in [6.07, 6.45) is -4.88. The SMILES string of the molecule is CC(C)N(C(=O)NCCCl)C1OC[C@@H](O)[C@H](O)[C@H]1O. The number of aliphatic hydroxyl groups excluding tert-OH is 3. The quantitative estimate of drug-likeness (QED) is 0.503. The number of halogens is 1. The Morgan fingerprint density at radius 1 is 1.42 bits per heavy atom. The van der Waals surface area contributed by atoms with Gasteiger partial charge in [0, 0.05) is 18.5 Å². The van der Waals surface area contributed by atoms with E-state index in [1.54, 1.807) is 13.8 Å². The van der Waals surface area contributed by atoms with Gasteiger partial charge in [-0.15, -0.1) is 11.6 Å². The van der Waals surface area contributed by atoms with E-state index in [4.69, 9.17) is 16.3 Å². The summed E-state index contributed by atoms with van der Waals surface area (Å²) in [5.74, 6) is 0.271. The standard InChI is InChI=1S/C11H21ClN2O5/c1-6(2)14(11(18)13-4-3-12)10-9(17)8(16)7(15)5-19-10/h6-10,15-17H,3-5H2,1-2H3,(H,13,18)/t7-,8+,9-,10?/m1/s1. The molecule has 19 heavy (non-hydrogen) atoms. The van der Waals surface area contributed by atoms with Crippen LogP contribution in [0.2, 0.25) is 0 Å². The first-order valence-electron chi connectivity index (χ1n) is 6.18. The second kappa shape index (κ2) is 7.25. The Balaban J connectivity index is 2.78. The Hall–Kier alpha value is -0.600. The molecule has 1 saturated heterocycles. The zero-order valence-electron chi connectivity index (χ0n) is 11.0. The van der Waals surface area contributed by atoms with Gasteiger partial charge < -0.3 is 25.4 Å². The van der Waals surface area contributed by atoms with Crippen molar-refractivity contribution in [2.45, 2.75) is 44.4 Å².